The first-order valence-corrected chi connectivity index (χ1v) is 8.32. The smallest absolute Gasteiger partial charge is 0.219 e. The van der Waals surface area contributed by atoms with Gasteiger partial charge in [-0.1, -0.05) is 0 Å². The second-order valence-electron chi connectivity index (χ2n) is 6.51. The van der Waals surface area contributed by atoms with Crippen molar-refractivity contribution in [2.45, 2.75) is 57.3 Å². The van der Waals surface area contributed by atoms with Crippen molar-refractivity contribution in [2.24, 2.45) is 0 Å². The number of amides is 1. The maximum absolute atomic E-state index is 11.8. The van der Waals surface area contributed by atoms with Gasteiger partial charge in [-0.2, -0.15) is 5.10 Å². The lowest BCUT2D eigenvalue weighted by Crippen LogP contribution is -2.49. The van der Waals surface area contributed by atoms with Crippen molar-refractivity contribution in [3.63, 3.8) is 0 Å². The van der Waals surface area contributed by atoms with Gasteiger partial charge in [0, 0.05) is 44.5 Å². The largest absolute Gasteiger partial charge is 0.390 e. The van der Waals surface area contributed by atoms with Crippen molar-refractivity contribution in [1.82, 2.24) is 19.6 Å². The maximum Gasteiger partial charge on any atom is 0.219 e. The van der Waals surface area contributed by atoms with E-state index in [0.717, 1.165) is 38.8 Å². The van der Waals surface area contributed by atoms with E-state index < -0.39 is 6.10 Å². The Hall–Kier alpha value is -1.40. The second-order valence-corrected chi connectivity index (χ2v) is 6.51. The monoisotopic (exact) mass is 306 g/mol. The van der Waals surface area contributed by atoms with Crippen LogP contribution in [0.4, 0.5) is 0 Å². The van der Waals surface area contributed by atoms with Crippen molar-refractivity contribution >= 4 is 5.91 Å². The Morgan fingerprint density at radius 3 is 2.77 bits per heavy atom. The van der Waals surface area contributed by atoms with Gasteiger partial charge in [0.1, 0.15) is 0 Å². The number of aliphatic hydroxyl groups is 1. The molecule has 6 nitrogen and oxygen atoms in total. The van der Waals surface area contributed by atoms with Gasteiger partial charge in [-0.15, -0.1) is 0 Å². The molecule has 22 heavy (non-hydrogen) atoms. The lowest BCUT2D eigenvalue weighted by Gasteiger charge is -2.35. The van der Waals surface area contributed by atoms with Crippen LogP contribution in [0.2, 0.25) is 0 Å². The minimum absolute atomic E-state index is 0.187. The van der Waals surface area contributed by atoms with Crippen LogP contribution in [-0.4, -0.2) is 68.4 Å². The molecule has 0 aromatic carbocycles. The Labute approximate surface area is 131 Å². The fourth-order valence-corrected chi connectivity index (χ4v) is 4.05. The van der Waals surface area contributed by atoms with Crippen molar-refractivity contribution in [3.8, 4) is 0 Å². The Morgan fingerprint density at radius 1 is 1.27 bits per heavy atom. The molecule has 3 atom stereocenters. The van der Waals surface area contributed by atoms with Gasteiger partial charge in [0.05, 0.1) is 12.6 Å². The molecule has 2 fully saturated rings. The molecular weight excluding hydrogens is 280 g/mol. The highest BCUT2D eigenvalue weighted by Gasteiger charge is 2.39. The molecule has 6 heteroatoms. The molecule has 2 saturated heterocycles. The number of nitrogens with zero attached hydrogens (tertiary/aromatic N) is 4. The maximum atomic E-state index is 11.8. The Bertz CT molecular complexity index is 490. The summed E-state index contributed by atoms with van der Waals surface area (Å²) in [7, 11) is 0. The van der Waals surface area contributed by atoms with Gasteiger partial charge < -0.3 is 10.0 Å². The van der Waals surface area contributed by atoms with E-state index in [9.17, 15) is 9.90 Å². The van der Waals surface area contributed by atoms with E-state index in [4.69, 9.17) is 0 Å². The molecule has 3 rings (SSSR count). The van der Waals surface area contributed by atoms with E-state index in [-0.39, 0.29) is 5.91 Å². The van der Waals surface area contributed by atoms with Crippen molar-refractivity contribution in [2.75, 3.05) is 19.6 Å². The van der Waals surface area contributed by atoms with Crippen molar-refractivity contribution < 1.29 is 9.90 Å². The summed E-state index contributed by atoms with van der Waals surface area (Å²) in [6.45, 7) is 4.76. The second kappa shape index (κ2) is 6.79. The molecule has 0 aliphatic carbocycles. The SMILES string of the molecule is CC(=O)N1CCC[C@@H]1[C@H]1CCCN1C[C@@H](O)Cn1cccn1. The molecule has 2 aliphatic rings. The van der Waals surface area contributed by atoms with Gasteiger partial charge >= 0.3 is 0 Å². The quantitative estimate of drug-likeness (QED) is 0.871. The van der Waals surface area contributed by atoms with E-state index in [2.05, 4.69) is 10.00 Å². The molecule has 1 aromatic heterocycles. The first kappa shape index (κ1) is 15.5. The minimum Gasteiger partial charge on any atom is -0.390 e. The average Bonchev–Trinajstić information content (AvgIpc) is 3.17. The van der Waals surface area contributed by atoms with Gasteiger partial charge in [0.15, 0.2) is 0 Å². The Balaban J connectivity index is 1.59. The van der Waals surface area contributed by atoms with Gasteiger partial charge in [-0.3, -0.25) is 14.4 Å². The van der Waals surface area contributed by atoms with Crippen LogP contribution in [0.15, 0.2) is 18.5 Å². The topological polar surface area (TPSA) is 61.6 Å². The van der Waals surface area contributed by atoms with Crippen LogP contribution in [0.1, 0.15) is 32.6 Å². The van der Waals surface area contributed by atoms with Crippen molar-refractivity contribution in [3.05, 3.63) is 18.5 Å². The van der Waals surface area contributed by atoms with E-state index >= 15 is 0 Å². The zero-order valence-electron chi connectivity index (χ0n) is 13.3. The number of aromatic nitrogens is 2. The Kier molecular flexibility index (Phi) is 4.78. The first-order chi connectivity index (χ1) is 10.6. The average molecular weight is 306 g/mol. The fraction of sp³-hybridized carbons (Fsp3) is 0.750. The number of rotatable bonds is 5. The predicted molar refractivity (Wildman–Crippen MR) is 83.2 cm³/mol. The highest BCUT2D eigenvalue weighted by Crippen LogP contribution is 2.30. The summed E-state index contributed by atoms with van der Waals surface area (Å²) in [6.07, 6.45) is 7.66. The molecule has 0 unspecified atom stereocenters. The van der Waals surface area contributed by atoms with Crippen LogP contribution >= 0.6 is 0 Å². The van der Waals surface area contributed by atoms with Crippen LogP contribution in [0.5, 0.6) is 0 Å². The summed E-state index contributed by atoms with van der Waals surface area (Å²) in [6, 6.07) is 2.60. The Morgan fingerprint density at radius 2 is 2.05 bits per heavy atom. The number of β-amino-alcohol motifs (C(OH)–C–C–N with tert-alkyl or cyclic N) is 1. The van der Waals surface area contributed by atoms with E-state index in [1.165, 1.54) is 0 Å². The van der Waals surface area contributed by atoms with Crippen LogP contribution in [0.3, 0.4) is 0 Å². The summed E-state index contributed by atoms with van der Waals surface area (Å²) < 4.78 is 1.77. The number of carbonyl (C=O) groups excluding carboxylic acids is 1. The van der Waals surface area contributed by atoms with Gasteiger partial charge in [-0.25, -0.2) is 0 Å². The minimum atomic E-state index is -0.423. The van der Waals surface area contributed by atoms with E-state index in [0.29, 0.717) is 25.2 Å². The molecule has 0 spiro atoms. The first-order valence-electron chi connectivity index (χ1n) is 8.32. The number of aliphatic hydroxyl groups excluding tert-OH is 1. The van der Waals surface area contributed by atoms with Gasteiger partial charge in [-0.05, 0) is 38.3 Å². The third-order valence-electron chi connectivity index (χ3n) is 4.96. The molecule has 1 aromatic rings. The number of hydrogen-bond acceptors (Lipinski definition) is 4. The third-order valence-corrected chi connectivity index (χ3v) is 4.96. The lowest BCUT2D eigenvalue weighted by atomic mass is 10.0. The normalized spacial score (nSPS) is 27.5. The highest BCUT2D eigenvalue weighted by molar-refractivity contribution is 5.74. The number of hydrogen-bond donors (Lipinski definition) is 1. The third kappa shape index (κ3) is 3.33. The molecule has 2 aliphatic heterocycles. The van der Waals surface area contributed by atoms with Crippen LogP contribution in [0.25, 0.3) is 0 Å². The summed E-state index contributed by atoms with van der Waals surface area (Å²) in [5.74, 6) is 0.187. The fourth-order valence-electron chi connectivity index (χ4n) is 4.05. The summed E-state index contributed by atoms with van der Waals surface area (Å²) in [5, 5.41) is 14.5. The molecular formula is C16H26N4O2. The molecule has 1 N–H and O–H groups in total. The summed E-state index contributed by atoms with van der Waals surface area (Å²) in [5.41, 5.74) is 0. The van der Waals surface area contributed by atoms with E-state index in [1.54, 1.807) is 17.8 Å². The highest BCUT2D eigenvalue weighted by atomic mass is 16.3. The molecule has 0 saturated carbocycles. The summed E-state index contributed by atoms with van der Waals surface area (Å²) in [4.78, 5) is 16.2. The van der Waals surface area contributed by atoms with Gasteiger partial charge in [0.25, 0.3) is 0 Å². The lowest BCUT2D eigenvalue weighted by molar-refractivity contribution is -0.130. The molecule has 1 amide bonds. The molecule has 0 bridgehead atoms. The predicted octanol–water partition coefficient (Wildman–Crippen LogP) is 0.719. The zero-order valence-corrected chi connectivity index (χ0v) is 13.3. The zero-order chi connectivity index (χ0) is 15.5. The van der Waals surface area contributed by atoms with Crippen molar-refractivity contribution in [1.29, 1.82) is 0 Å². The molecule has 122 valence electrons. The standard InChI is InChI=1S/C16H26N4O2/c1-13(21)20-10-3-6-16(20)15-5-2-8-18(15)11-14(22)12-19-9-4-7-17-19/h4,7,9,14-16,22H,2-3,5-6,8,10-12H2,1H3/t14-,15-,16-/m1/s1. The van der Waals surface area contributed by atoms with Gasteiger partial charge in [0.2, 0.25) is 5.91 Å². The molecule has 3 heterocycles. The summed E-state index contributed by atoms with van der Waals surface area (Å²) >= 11 is 0. The van der Waals surface area contributed by atoms with Crippen LogP contribution in [0, 0.1) is 0 Å². The van der Waals surface area contributed by atoms with E-state index in [1.807, 2.05) is 17.2 Å². The number of carbonyl (C=O) groups is 1. The number of likely N-dealkylation sites (tertiary alicyclic amines) is 2. The molecule has 0 radical (unpaired) electrons. The van der Waals surface area contributed by atoms with Crippen LogP contribution in [-0.2, 0) is 11.3 Å². The van der Waals surface area contributed by atoms with Crippen LogP contribution < -0.4 is 0 Å².